The molecule has 0 aromatic carbocycles. The van der Waals surface area contributed by atoms with Crippen molar-refractivity contribution < 1.29 is 13.2 Å². The monoisotopic (exact) mass is 261 g/mol. The lowest BCUT2D eigenvalue weighted by molar-refractivity contribution is 0.382. The Morgan fingerprint density at radius 3 is 2.82 bits per heavy atom. The van der Waals surface area contributed by atoms with E-state index in [9.17, 15) is 4.21 Å². The van der Waals surface area contributed by atoms with Crippen molar-refractivity contribution in [3.8, 4) is 0 Å². The van der Waals surface area contributed by atoms with E-state index in [-0.39, 0.29) is 17.7 Å². The van der Waals surface area contributed by atoms with Crippen LogP contribution < -0.4 is 5.73 Å². The molecule has 0 radical (unpaired) electrons. The van der Waals surface area contributed by atoms with Crippen molar-refractivity contribution in [1.29, 1.82) is 0 Å². The first-order valence-corrected chi connectivity index (χ1v) is 6.95. The van der Waals surface area contributed by atoms with Gasteiger partial charge in [-0.1, -0.05) is 13.8 Å². The van der Waals surface area contributed by atoms with Gasteiger partial charge in [0.05, 0.1) is 11.8 Å². The minimum Gasteiger partial charge on any atom is -0.424 e. The molecule has 0 bridgehead atoms. The summed E-state index contributed by atoms with van der Waals surface area (Å²) < 4.78 is 24.8. The predicted octanol–water partition coefficient (Wildman–Crippen LogP) is 1.27. The van der Waals surface area contributed by atoms with Gasteiger partial charge in [-0.05, 0) is 18.8 Å². The topological polar surface area (TPSA) is 102 Å². The minimum absolute atomic E-state index is 0.0392. The fourth-order valence-electron chi connectivity index (χ4n) is 1.58. The van der Waals surface area contributed by atoms with Gasteiger partial charge in [-0.2, -0.15) is 0 Å². The van der Waals surface area contributed by atoms with Crippen LogP contribution in [-0.2, 0) is 17.5 Å². The van der Waals surface area contributed by atoms with Crippen LogP contribution in [-0.4, -0.2) is 24.7 Å². The van der Waals surface area contributed by atoms with Crippen LogP contribution in [0.5, 0.6) is 0 Å². The Hall–Kier alpha value is -0.790. The SMILES string of the molecule is CCCc1nnc(C(N)CC(C)CS(=O)O)o1. The molecule has 1 heterocycles. The molecule has 6 nitrogen and oxygen atoms in total. The Morgan fingerprint density at radius 2 is 2.24 bits per heavy atom. The Morgan fingerprint density at radius 1 is 1.53 bits per heavy atom. The van der Waals surface area contributed by atoms with Crippen LogP contribution in [0.3, 0.4) is 0 Å². The second-order valence-electron chi connectivity index (χ2n) is 4.22. The number of hydrogen-bond donors (Lipinski definition) is 2. The summed E-state index contributed by atoms with van der Waals surface area (Å²) in [5, 5.41) is 7.78. The summed E-state index contributed by atoms with van der Waals surface area (Å²) >= 11 is -1.79. The van der Waals surface area contributed by atoms with Gasteiger partial charge in [0, 0.05) is 6.42 Å². The molecule has 0 aliphatic heterocycles. The number of aromatic nitrogens is 2. The summed E-state index contributed by atoms with van der Waals surface area (Å²) in [7, 11) is 0. The van der Waals surface area contributed by atoms with E-state index in [1.807, 2.05) is 13.8 Å². The predicted molar refractivity (Wildman–Crippen MR) is 64.6 cm³/mol. The Labute approximate surface area is 103 Å². The molecule has 7 heteroatoms. The van der Waals surface area contributed by atoms with Gasteiger partial charge in [0.25, 0.3) is 0 Å². The highest BCUT2D eigenvalue weighted by atomic mass is 32.2. The summed E-state index contributed by atoms with van der Waals surface area (Å²) in [6, 6.07) is -0.369. The third-order valence-corrected chi connectivity index (χ3v) is 3.20. The van der Waals surface area contributed by atoms with Gasteiger partial charge in [-0.25, -0.2) is 4.21 Å². The lowest BCUT2D eigenvalue weighted by Crippen LogP contribution is -2.17. The molecule has 1 rings (SSSR count). The largest absolute Gasteiger partial charge is 0.424 e. The average molecular weight is 261 g/mol. The van der Waals surface area contributed by atoms with Crippen LogP contribution in [0.15, 0.2) is 4.42 Å². The lowest BCUT2D eigenvalue weighted by Gasteiger charge is -2.12. The molecule has 0 amide bonds. The van der Waals surface area contributed by atoms with Crippen LogP contribution in [0.4, 0.5) is 0 Å². The molecule has 1 aromatic rings. The van der Waals surface area contributed by atoms with Gasteiger partial charge in [0.15, 0.2) is 11.1 Å². The third-order valence-electron chi connectivity index (χ3n) is 2.35. The highest BCUT2D eigenvalue weighted by Gasteiger charge is 2.18. The Balaban J connectivity index is 2.50. The number of rotatable bonds is 7. The second-order valence-corrected chi connectivity index (χ2v) is 5.20. The zero-order valence-corrected chi connectivity index (χ0v) is 10.9. The molecule has 0 saturated carbocycles. The summed E-state index contributed by atoms with van der Waals surface area (Å²) in [6.07, 6.45) is 2.24. The summed E-state index contributed by atoms with van der Waals surface area (Å²) in [4.78, 5) is 0. The fourth-order valence-corrected chi connectivity index (χ4v) is 2.20. The van der Waals surface area contributed by atoms with E-state index in [0.717, 1.165) is 12.8 Å². The van der Waals surface area contributed by atoms with Crippen molar-refractivity contribution in [1.82, 2.24) is 10.2 Å². The fraction of sp³-hybridized carbons (Fsp3) is 0.800. The van der Waals surface area contributed by atoms with E-state index < -0.39 is 11.1 Å². The number of aryl methyl sites for hydroxylation is 1. The molecular weight excluding hydrogens is 242 g/mol. The standard InChI is InChI=1S/C10H19N3O3S/c1-3-4-9-12-13-10(16-9)8(11)5-7(2)6-17(14)15/h7-8H,3-6,11H2,1-2H3,(H,14,15). The summed E-state index contributed by atoms with van der Waals surface area (Å²) in [5.74, 6) is 1.25. The van der Waals surface area contributed by atoms with Crippen LogP contribution in [0.1, 0.15) is 44.5 Å². The van der Waals surface area contributed by atoms with Crippen molar-refractivity contribution in [3.05, 3.63) is 11.8 Å². The molecule has 3 N–H and O–H groups in total. The first kappa shape index (κ1) is 14.3. The first-order chi connectivity index (χ1) is 8.02. The summed E-state index contributed by atoms with van der Waals surface area (Å²) in [5.41, 5.74) is 5.90. The van der Waals surface area contributed by atoms with E-state index in [0.29, 0.717) is 18.2 Å². The normalized spacial score (nSPS) is 16.7. The van der Waals surface area contributed by atoms with Gasteiger partial charge in [-0.15, -0.1) is 10.2 Å². The number of hydrogen-bond acceptors (Lipinski definition) is 5. The number of nitrogens with zero attached hydrogens (tertiary/aromatic N) is 2. The molecule has 0 aliphatic rings. The molecule has 3 atom stereocenters. The maximum atomic E-state index is 10.6. The minimum atomic E-state index is -1.79. The van der Waals surface area contributed by atoms with Gasteiger partial charge >= 0.3 is 0 Å². The van der Waals surface area contributed by atoms with Crippen LogP contribution in [0.2, 0.25) is 0 Å². The zero-order valence-electron chi connectivity index (χ0n) is 10.1. The van der Waals surface area contributed by atoms with E-state index in [1.165, 1.54) is 0 Å². The Bertz CT molecular complexity index is 369. The van der Waals surface area contributed by atoms with Crippen molar-refractivity contribution in [2.45, 2.75) is 39.2 Å². The van der Waals surface area contributed by atoms with E-state index in [1.54, 1.807) is 0 Å². The molecule has 0 saturated heterocycles. The van der Waals surface area contributed by atoms with Crippen molar-refractivity contribution >= 4 is 11.1 Å². The third kappa shape index (κ3) is 4.93. The smallest absolute Gasteiger partial charge is 0.233 e. The van der Waals surface area contributed by atoms with E-state index in [4.69, 9.17) is 14.7 Å². The second kappa shape index (κ2) is 6.83. The van der Waals surface area contributed by atoms with E-state index >= 15 is 0 Å². The maximum Gasteiger partial charge on any atom is 0.233 e. The van der Waals surface area contributed by atoms with Gasteiger partial charge in [-0.3, -0.25) is 0 Å². The highest BCUT2D eigenvalue weighted by molar-refractivity contribution is 7.79. The van der Waals surface area contributed by atoms with Gasteiger partial charge < -0.3 is 14.7 Å². The van der Waals surface area contributed by atoms with Crippen molar-refractivity contribution in [3.63, 3.8) is 0 Å². The number of nitrogens with two attached hydrogens (primary N) is 1. The molecular formula is C10H19N3O3S. The average Bonchev–Trinajstić information content (AvgIpc) is 2.65. The molecule has 0 spiro atoms. The molecule has 0 aliphatic carbocycles. The molecule has 98 valence electrons. The zero-order chi connectivity index (χ0) is 12.8. The first-order valence-electron chi connectivity index (χ1n) is 5.68. The van der Waals surface area contributed by atoms with Crippen LogP contribution in [0, 0.1) is 5.92 Å². The molecule has 3 unspecified atom stereocenters. The molecule has 17 heavy (non-hydrogen) atoms. The maximum absolute atomic E-state index is 10.6. The van der Waals surface area contributed by atoms with E-state index in [2.05, 4.69) is 10.2 Å². The van der Waals surface area contributed by atoms with Crippen LogP contribution in [0.25, 0.3) is 0 Å². The Kier molecular flexibility index (Phi) is 5.73. The van der Waals surface area contributed by atoms with Crippen molar-refractivity contribution in [2.24, 2.45) is 11.7 Å². The van der Waals surface area contributed by atoms with Crippen LogP contribution >= 0.6 is 0 Å². The van der Waals surface area contributed by atoms with Gasteiger partial charge in [0.2, 0.25) is 11.8 Å². The summed E-state index contributed by atoms with van der Waals surface area (Å²) in [6.45, 7) is 3.90. The molecule has 1 aromatic heterocycles. The molecule has 0 fully saturated rings. The highest BCUT2D eigenvalue weighted by Crippen LogP contribution is 2.18. The lowest BCUT2D eigenvalue weighted by atomic mass is 10.0. The quantitative estimate of drug-likeness (QED) is 0.716. The van der Waals surface area contributed by atoms with Gasteiger partial charge in [0.1, 0.15) is 0 Å². The van der Waals surface area contributed by atoms with Crippen molar-refractivity contribution in [2.75, 3.05) is 5.75 Å².